The number of Topliss-reactive ketones (excluding diaryl/α,β-unsaturated/α-hetero) is 1. The van der Waals surface area contributed by atoms with Crippen molar-refractivity contribution in [2.24, 2.45) is 5.92 Å². The fourth-order valence-electron chi connectivity index (χ4n) is 2.44. The number of ether oxygens (including phenoxy) is 1. The Bertz CT molecular complexity index is 510. The van der Waals surface area contributed by atoms with Crippen LogP contribution in [0.2, 0.25) is 0 Å². The Labute approximate surface area is 119 Å². The number of carbonyl (C=O) groups is 2. The molecule has 4 heteroatoms. The lowest BCUT2D eigenvalue weighted by atomic mass is 9.90. The highest BCUT2D eigenvalue weighted by Crippen LogP contribution is 2.30. The molecule has 1 atom stereocenters. The number of benzene rings is 1. The van der Waals surface area contributed by atoms with E-state index in [0.29, 0.717) is 17.0 Å². The summed E-state index contributed by atoms with van der Waals surface area (Å²) in [6, 6.07) is 5.27. The Balaban J connectivity index is 2.17. The standard InChI is InChI=1S/C16H21NO3/c1-3-5-6-11(4-2)16(19)12-7-8-14-13(9-12)17-15(18)10-20-14/h7-9,11H,3-6,10H2,1-2H3,(H,17,18). The van der Waals surface area contributed by atoms with Crippen LogP contribution in [0.4, 0.5) is 5.69 Å². The minimum atomic E-state index is -0.180. The van der Waals surface area contributed by atoms with Gasteiger partial charge < -0.3 is 10.1 Å². The third kappa shape index (κ3) is 3.18. The number of anilines is 1. The molecule has 4 nitrogen and oxygen atoms in total. The van der Waals surface area contributed by atoms with Crippen molar-refractivity contribution in [1.82, 2.24) is 0 Å². The van der Waals surface area contributed by atoms with Gasteiger partial charge in [-0.25, -0.2) is 0 Å². The molecule has 1 N–H and O–H groups in total. The van der Waals surface area contributed by atoms with E-state index in [2.05, 4.69) is 12.2 Å². The molecule has 0 radical (unpaired) electrons. The minimum Gasteiger partial charge on any atom is -0.482 e. The fourth-order valence-corrected chi connectivity index (χ4v) is 2.44. The number of unbranched alkanes of at least 4 members (excludes halogenated alkanes) is 1. The van der Waals surface area contributed by atoms with E-state index in [1.807, 2.05) is 6.92 Å². The molecule has 1 aliphatic rings. The molecule has 1 amide bonds. The molecule has 0 bridgehead atoms. The Morgan fingerprint density at radius 3 is 2.90 bits per heavy atom. The van der Waals surface area contributed by atoms with E-state index in [1.165, 1.54) is 0 Å². The largest absolute Gasteiger partial charge is 0.482 e. The number of fused-ring (bicyclic) bond motifs is 1. The van der Waals surface area contributed by atoms with Crippen LogP contribution in [0.5, 0.6) is 5.75 Å². The summed E-state index contributed by atoms with van der Waals surface area (Å²) in [5.41, 5.74) is 1.25. The average Bonchev–Trinajstić information content (AvgIpc) is 2.47. The highest BCUT2D eigenvalue weighted by atomic mass is 16.5. The van der Waals surface area contributed by atoms with E-state index in [-0.39, 0.29) is 24.2 Å². The lowest BCUT2D eigenvalue weighted by Gasteiger charge is -2.19. The Morgan fingerprint density at radius 2 is 2.20 bits per heavy atom. The first kappa shape index (κ1) is 14.6. The summed E-state index contributed by atoms with van der Waals surface area (Å²) in [4.78, 5) is 23.8. The predicted octanol–water partition coefficient (Wildman–Crippen LogP) is 3.42. The topological polar surface area (TPSA) is 55.4 Å². The smallest absolute Gasteiger partial charge is 0.262 e. The van der Waals surface area contributed by atoms with Crippen LogP contribution in [0.3, 0.4) is 0 Å². The Hall–Kier alpha value is -1.84. The predicted molar refractivity (Wildman–Crippen MR) is 78.2 cm³/mol. The summed E-state index contributed by atoms with van der Waals surface area (Å²) >= 11 is 0. The van der Waals surface area contributed by atoms with Gasteiger partial charge in [-0.05, 0) is 31.0 Å². The SMILES string of the molecule is CCCCC(CC)C(=O)c1ccc2c(c1)NC(=O)CO2. The summed E-state index contributed by atoms with van der Waals surface area (Å²) < 4.78 is 5.30. The number of amides is 1. The van der Waals surface area contributed by atoms with Gasteiger partial charge in [0.05, 0.1) is 5.69 Å². The monoisotopic (exact) mass is 275 g/mol. The van der Waals surface area contributed by atoms with Crippen LogP contribution in [-0.4, -0.2) is 18.3 Å². The number of nitrogens with one attached hydrogen (secondary N) is 1. The minimum absolute atomic E-state index is 0.0361. The molecule has 0 aromatic heterocycles. The fraction of sp³-hybridized carbons (Fsp3) is 0.500. The van der Waals surface area contributed by atoms with E-state index < -0.39 is 0 Å². The molecule has 20 heavy (non-hydrogen) atoms. The molecule has 0 fully saturated rings. The van der Waals surface area contributed by atoms with Gasteiger partial charge in [-0.15, -0.1) is 0 Å². The van der Waals surface area contributed by atoms with Gasteiger partial charge in [0.1, 0.15) is 5.75 Å². The second kappa shape index (κ2) is 6.55. The maximum atomic E-state index is 12.5. The first-order chi connectivity index (χ1) is 9.65. The van der Waals surface area contributed by atoms with Crippen LogP contribution < -0.4 is 10.1 Å². The van der Waals surface area contributed by atoms with Gasteiger partial charge in [-0.3, -0.25) is 9.59 Å². The summed E-state index contributed by atoms with van der Waals surface area (Å²) in [6.45, 7) is 4.21. The highest BCUT2D eigenvalue weighted by Gasteiger charge is 2.21. The van der Waals surface area contributed by atoms with Gasteiger partial charge in [0.25, 0.3) is 5.91 Å². The Kier molecular flexibility index (Phi) is 4.77. The van der Waals surface area contributed by atoms with Crippen LogP contribution in [0.1, 0.15) is 49.9 Å². The van der Waals surface area contributed by atoms with Crippen LogP contribution >= 0.6 is 0 Å². The number of hydrogen-bond donors (Lipinski definition) is 1. The first-order valence-corrected chi connectivity index (χ1v) is 7.26. The molecule has 2 rings (SSSR count). The quantitative estimate of drug-likeness (QED) is 0.809. The van der Waals surface area contributed by atoms with Crippen molar-refractivity contribution in [1.29, 1.82) is 0 Å². The van der Waals surface area contributed by atoms with Gasteiger partial charge in [0, 0.05) is 11.5 Å². The maximum Gasteiger partial charge on any atom is 0.262 e. The third-order valence-electron chi connectivity index (χ3n) is 3.67. The number of hydrogen-bond acceptors (Lipinski definition) is 3. The molecule has 0 aliphatic carbocycles. The van der Waals surface area contributed by atoms with Gasteiger partial charge in [-0.2, -0.15) is 0 Å². The second-order valence-corrected chi connectivity index (χ2v) is 5.16. The zero-order chi connectivity index (χ0) is 14.5. The molecule has 1 unspecified atom stereocenters. The molecule has 1 heterocycles. The lowest BCUT2D eigenvalue weighted by Crippen LogP contribution is -2.25. The van der Waals surface area contributed by atoms with E-state index >= 15 is 0 Å². The highest BCUT2D eigenvalue weighted by molar-refractivity contribution is 6.01. The van der Waals surface area contributed by atoms with Crippen molar-refractivity contribution in [3.63, 3.8) is 0 Å². The van der Waals surface area contributed by atoms with Crippen LogP contribution in [0, 0.1) is 5.92 Å². The maximum absolute atomic E-state index is 12.5. The van der Waals surface area contributed by atoms with Crippen molar-refractivity contribution in [2.45, 2.75) is 39.5 Å². The summed E-state index contributed by atoms with van der Waals surface area (Å²) in [5.74, 6) is 0.666. The molecule has 0 saturated carbocycles. The molecule has 108 valence electrons. The van der Waals surface area contributed by atoms with Crippen molar-refractivity contribution >= 4 is 17.4 Å². The van der Waals surface area contributed by atoms with E-state index in [0.717, 1.165) is 25.7 Å². The van der Waals surface area contributed by atoms with E-state index in [1.54, 1.807) is 18.2 Å². The second-order valence-electron chi connectivity index (χ2n) is 5.16. The van der Waals surface area contributed by atoms with Gasteiger partial charge >= 0.3 is 0 Å². The number of ketones is 1. The molecule has 0 saturated heterocycles. The zero-order valence-corrected chi connectivity index (χ0v) is 12.1. The normalized spacial score (nSPS) is 15.0. The van der Waals surface area contributed by atoms with Gasteiger partial charge in [0.2, 0.25) is 0 Å². The molecular weight excluding hydrogens is 254 g/mol. The van der Waals surface area contributed by atoms with Crippen molar-refractivity contribution < 1.29 is 14.3 Å². The molecule has 1 aromatic rings. The van der Waals surface area contributed by atoms with Crippen molar-refractivity contribution in [3.05, 3.63) is 23.8 Å². The van der Waals surface area contributed by atoms with Gasteiger partial charge in [-0.1, -0.05) is 26.7 Å². The number of carbonyl (C=O) groups excluding carboxylic acids is 2. The van der Waals surface area contributed by atoms with Crippen LogP contribution in [0.15, 0.2) is 18.2 Å². The van der Waals surface area contributed by atoms with Crippen molar-refractivity contribution in [3.8, 4) is 5.75 Å². The summed E-state index contributed by atoms with van der Waals surface area (Å²) in [7, 11) is 0. The molecular formula is C16H21NO3. The number of rotatable bonds is 6. The summed E-state index contributed by atoms with van der Waals surface area (Å²) in [5, 5.41) is 2.74. The lowest BCUT2D eigenvalue weighted by molar-refractivity contribution is -0.118. The first-order valence-electron chi connectivity index (χ1n) is 7.26. The summed E-state index contributed by atoms with van der Waals surface area (Å²) in [6.07, 6.45) is 3.93. The van der Waals surface area contributed by atoms with E-state index in [4.69, 9.17) is 4.74 Å². The molecule has 0 spiro atoms. The zero-order valence-electron chi connectivity index (χ0n) is 12.1. The van der Waals surface area contributed by atoms with Crippen LogP contribution in [-0.2, 0) is 4.79 Å². The molecule has 1 aliphatic heterocycles. The molecule has 1 aromatic carbocycles. The third-order valence-corrected chi connectivity index (χ3v) is 3.67. The van der Waals surface area contributed by atoms with Crippen molar-refractivity contribution in [2.75, 3.05) is 11.9 Å². The average molecular weight is 275 g/mol. The van der Waals surface area contributed by atoms with E-state index in [9.17, 15) is 9.59 Å². The van der Waals surface area contributed by atoms with Crippen LogP contribution in [0.25, 0.3) is 0 Å². The van der Waals surface area contributed by atoms with Gasteiger partial charge in [0.15, 0.2) is 12.4 Å². The Morgan fingerprint density at radius 1 is 1.40 bits per heavy atom.